The summed E-state index contributed by atoms with van der Waals surface area (Å²) in [6, 6.07) is 5.85. The molecule has 0 aliphatic heterocycles. The van der Waals surface area contributed by atoms with Crippen LogP contribution in [-0.4, -0.2) is 12.7 Å². The highest BCUT2D eigenvalue weighted by Gasteiger charge is 2.14. The first-order valence-electron chi connectivity index (χ1n) is 6.24. The molecule has 0 fully saturated rings. The molecule has 2 nitrogen and oxygen atoms in total. The molecule has 0 aromatic heterocycles. The fourth-order valence-electron chi connectivity index (χ4n) is 1.69. The van der Waals surface area contributed by atoms with Gasteiger partial charge in [0.05, 0.1) is 18.6 Å². The summed E-state index contributed by atoms with van der Waals surface area (Å²) in [5, 5.41) is 0. The molecule has 0 saturated carbocycles. The number of hydrogen-bond donors (Lipinski definition) is 0. The fraction of sp³-hybridized carbons (Fsp3) is 0.571. The maximum absolute atomic E-state index is 6.01. The van der Waals surface area contributed by atoms with E-state index >= 15 is 0 Å². The molecule has 0 atom stereocenters. The molecule has 0 saturated heterocycles. The number of halogens is 1. The first-order chi connectivity index (χ1) is 8.26. The molecular weight excluding hydrogens is 236 g/mol. The molecule has 0 amide bonds. The highest BCUT2D eigenvalue weighted by molar-refractivity contribution is 6.17. The van der Waals surface area contributed by atoms with Crippen molar-refractivity contribution < 1.29 is 9.47 Å². The lowest BCUT2D eigenvalue weighted by Crippen LogP contribution is -2.15. The van der Waals surface area contributed by atoms with Crippen molar-refractivity contribution in [3.63, 3.8) is 0 Å². The smallest absolute Gasteiger partial charge is 0.165 e. The van der Waals surface area contributed by atoms with E-state index in [0.29, 0.717) is 12.5 Å². The van der Waals surface area contributed by atoms with Gasteiger partial charge in [-0.3, -0.25) is 0 Å². The van der Waals surface area contributed by atoms with E-state index in [1.54, 1.807) is 0 Å². The van der Waals surface area contributed by atoms with Crippen LogP contribution in [0.4, 0.5) is 0 Å². The van der Waals surface area contributed by atoms with Crippen LogP contribution in [0.15, 0.2) is 18.2 Å². The van der Waals surface area contributed by atoms with Crippen molar-refractivity contribution in [3.05, 3.63) is 23.8 Å². The molecular formula is C14H21ClO2. The van der Waals surface area contributed by atoms with Crippen LogP contribution >= 0.6 is 11.6 Å². The van der Waals surface area contributed by atoms with Crippen molar-refractivity contribution >= 4 is 11.6 Å². The van der Waals surface area contributed by atoms with Crippen LogP contribution in [0.3, 0.4) is 0 Å². The largest absolute Gasteiger partial charge is 0.490 e. The molecule has 0 aliphatic carbocycles. The van der Waals surface area contributed by atoms with Crippen molar-refractivity contribution in [2.75, 3.05) is 6.61 Å². The predicted octanol–water partition coefficient (Wildman–Crippen LogP) is 4.39. The lowest BCUT2D eigenvalue weighted by Gasteiger charge is -2.20. The van der Waals surface area contributed by atoms with Crippen LogP contribution in [0.2, 0.25) is 0 Å². The van der Waals surface area contributed by atoms with Gasteiger partial charge in [0.1, 0.15) is 0 Å². The van der Waals surface area contributed by atoms with Crippen molar-refractivity contribution in [2.45, 2.75) is 45.6 Å². The van der Waals surface area contributed by atoms with Gasteiger partial charge >= 0.3 is 0 Å². The van der Waals surface area contributed by atoms with Crippen LogP contribution in [0.1, 0.15) is 39.2 Å². The van der Waals surface area contributed by atoms with E-state index in [0.717, 1.165) is 29.9 Å². The Hall–Kier alpha value is -0.890. The van der Waals surface area contributed by atoms with E-state index in [-0.39, 0.29) is 6.10 Å². The summed E-state index contributed by atoms with van der Waals surface area (Å²) < 4.78 is 11.6. The molecule has 0 radical (unpaired) electrons. The van der Waals surface area contributed by atoms with Gasteiger partial charge in [-0.25, -0.2) is 0 Å². The van der Waals surface area contributed by atoms with E-state index in [1.807, 2.05) is 25.1 Å². The Labute approximate surface area is 109 Å². The lowest BCUT2D eigenvalue weighted by molar-refractivity contribution is 0.180. The van der Waals surface area contributed by atoms with Crippen molar-refractivity contribution in [1.82, 2.24) is 0 Å². The van der Waals surface area contributed by atoms with Crippen molar-refractivity contribution in [2.24, 2.45) is 0 Å². The van der Waals surface area contributed by atoms with Gasteiger partial charge in [-0.1, -0.05) is 26.0 Å². The maximum atomic E-state index is 6.01. The first kappa shape index (κ1) is 14.2. The van der Waals surface area contributed by atoms with Crippen LogP contribution in [-0.2, 0) is 5.88 Å². The molecule has 3 heteroatoms. The summed E-state index contributed by atoms with van der Waals surface area (Å²) in [5.41, 5.74) is 0.990. The monoisotopic (exact) mass is 256 g/mol. The Balaban J connectivity index is 2.99. The minimum absolute atomic E-state index is 0.221. The van der Waals surface area contributed by atoms with E-state index in [9.17, 15) is 0 Å². The molecule has 0 bridgehead atoms. The summed E-state index contributed by atoms with van der Waals surface area (Å²) in [6.07, 6.45) is 2.19. The van der Waals surface area contributed by atoms with Crippen molar-refractivity contribution in [3.8, 4) is 11.5 Å². The fourth-order valence-corrected chi connectivity index (χ4v) is 1.90. The summed E-state index contributed by atoms with van der Waals surface area (Å²) in [6.45, 7) is 6.84. The minimum Gasteiger partial charge on any atom is -0.490 e. The Morgan fingerprint density at radius 3 is 2.41 bits per heavy atom. The van der Waals surface area contributed by atoms with E-state index in [4.69, 9.17) is 21.1 Å². The average molecular weight is 257 g/mol. The Morgan fingerprint density at radius 2 is 1.88 bits per heavy atom. The highest BCUT2D eigenvalue weighted by atomic mass is 35.5. The Morgan fingerprint density at radius 1 is 1.18 bits per heavy atom. The molecule has 17 heavy (non-hydrogen) atoms. The quantitative estimate of drug-likeness (QED) is 0.674. The first-order valence-corrected chi connectivity index (χ1v) is 6.77. The van der Waals surface area contributed by atoms with Crippen molar-refractivity contribution in [1.29, 1.82) is 0 Å². The molecule has 0 unspecified atom stereocenters. The standard InChI is InChI=1S/C14H21ClO2/c1-4-12(5-2)17-14-11(10-15)8-7-9-13(14)16-6-3/h7-9,12H,4-6,10H2,1-3H3. The second kappa shape index (κ2) is 7.44. The molecule has 0 N–H and O–H groups in total. The number of benzene rings is 1. The van der Waals surface area contributed by atoms with Gasteiger partial charge in [0.25, 0.3) is 0 Å². The highest BCUT2D eigenvalue weighted by Crippen LogP contribution is 2.33. The minimum atomic E-state index is 0.221. The predicted molar refractivity (Wildman–Crippen MR) is 72.2 cm³/mol. The average Bonchev–Trinajstić information content (AvgIpc) is 2.37. The third-order valence-corrected chi connectivity index (χ3v) is 2.99. The van der Waals surface area contributed by atoms with Gasteiger partial charge in [0.15, 0.2) is 11.5 Å². The third kappa shape index (κ3) is 3.81. The number of ether oxygens (including phenoxy) is 2. The normalized spacial score (nSPS) is 10.6. The van der Waals surface area contributed by atoms with Crippen LogP contribution < -0.4 is 9.47 Å². The molecule has 1 aromatic carbocycles. The van der Waals surface area contributed by atoms with Gasteiger partial charge in [-0.15, -0.1) is 11.6 Å². The molecule has 0 heterocycles. The number of alkyl halides is 1. The van der Waals surface area contributed by atoms with Crippen LogP contribution in [0.5, 0.6) is 11.5 Å². The Bertz CT molecular complexity index is 335. The summed E-state index contributed by atoms with van der Waals surface area (Å²) in [4.78, 5) is 0. The zero-order chi connectivity index (χ0) is 12.7. The molecule has 96 valence electrons. The second-order valence-electron chi connectivity index (χ2n) is 3.87. The molecule has 0 aliphatic rings. The number of rotatable bonds is 7. The molecule has 0 spiro atoms. The van der Waals surface area contributed by atoms with E-state index in [1.165, 1.54) is 0 Å². The SMILES string of the molecule is CCOc1cccc(CCl)c1OC(CC)CC. The maximum Gasteiger partial charge on any atom is 0.165 e. The van der Waals surface area contributed by atoms with Gasteiger partial charge in [0, 0.05) is 5.56 Å². The Kier molecular flexibility index (Phi) is 6.20. The molecule has 1 rings (SSSR count). The van der Waals surface area contributed by atoms with Gasteiger partial charge < -0.3 is 9.47 Å². The molecule has 1 aromatic rings. The summed E-state index contributed by atoms with van der Waals surface area (Å²) >= 11 is 5.94. The third-order valence-electron chi connectivity index (χ3n) is 2.70. The van der Waals surface area contributed by atoms with Crippen LogP contribution in [0, 0.1) is 0 Å². The number of hydrogen-bond acceptors (Lipinski definition) is 2. The topological polar surface area (TPSA) is 18.5 Å². The summed E-state index contributed by atoms with van der Waals surface area (Å²) in [7, 11) is 0. The van der Waals surface area contributed by atoms with Gasteiger partial charge in [0.2, 0.25) is 0 Å². The lowest BCUT2D eigenvalue weighted by atomic mass is 10.2. The van der Waals surface area contributed by atoms with Gasteiger partial charge in [-0.05, 0) is 25.8 Å². The van der Waals surface area contributed by atoms with Crippen LogP contribution in [0.25, 0.3) is 0 Å². The van der Waals surface area contributed by atoms with Gasteiger partial charge in [-0.2, -0.15) is 0 Å². The summed E-state index contributed by atoms with van der Waals surface area (Å²) in [5.74, 6) is 2.03. The zero-order valence-corrected chi connectivity index (χ0v) is 11.6. The second-order valence-corrected chi connectivity index (χ2v) is 4.13. The van der Waals surface area contributed by atoms with E-state index < -0.39 is 0 Å². The zero-order valence-electron chi connectivity index (χ0n) is 10.8. The number of para-hydroxylation sites is 1. The van der Waals surface area contributed by atoms with E-state index in [2.05, 4.69) is 13.8 Å².